The fourth-order valence-corrected chi connectivity index (χ4v) is 1.48. The van der Waals surface area contributed by atoms with Gasteiger partial charge in [0.05, 0.1) is 0 Å². The molecule has 0 radical (unpaired) electrons. The number of nitrogens with one attached hydrogen (secondary N) is 1. The first-order valence-electron chi connectivity index (χ1n) is 5.94. The first kappa shape index (κ1) is 14.9. The Hall–Kier alpha value is -0.120. The minimum absolute atomic E-state index is 0.0391. The highest BCUT2D eigenvalue weighted by atomic mass is 16.3. The fraction of sp³-hybridized carbons (Fsp3) is 1.00. The summed E-state index contributed by atoms with van der Waals surface area (Å²) in [7, 11) is 0. The number of hydrogen-bond acceptors (Lipinski definition) is 3. The van der Waals surface area contributed by atoms with E-state index in [0.717, 1.165) is 19.4 Å². The minimum atomic E-state index is -0.0391. The molecule has 0 heterocycles. The first-order chi connectivity index (χ1) is 6.99. The van der Waals surface area contributed by atoms with Crippen molar-refractivity contribution in [2.75, 3.05) is 19.8 Å². The molecule has 2 unspecified atom stereocenters. The van der Waals surface area contributed by atoms with Crippen LogP contribution in [0.1, 0.15) is 40.5 Å². The topological polar surface area (TPSA) is 52.5 Å². The summed E-state index contributed by atoms with van der Waals surface area (Å²) in [6.45, 7) is 9.71. The molecule has 0 amide bonds. The molecule has 0 bridgehead atoms. The highest BCUT2D eigenvalue weighted by Gasteiger charge is 2.23. The first-order valence-corrected chi connectivity index (χ1v) is 5.94. The van der Waals surface area contributed by atoms with Crippen molar-refractivity contribution in [3.8, 4) is 0 Å². The lowest BCUT2D eigenvalue weighted by Gasteiger charge is -2.30. The Labute approximate surface area is 93.9 Å². The lowest BCUT2D eigenvalue weighted by molar-refractivity contribution is 0.125. The van der Waals surface area contributed by atoms with Crippen molar-refractivity contribution < 1.29 is 10.2 Å². The molecule has 92 valence electrons. The van der Waals surface area contributed by atoms with E-state index in [4.69, 9.17) is 5.11 Å². The Balaban J connectivity index is 4.07. The Morgan fingerprint density at radius 3 is 2.20 bits per heavy atom. The summed E-state index contributed by atoms with van der Waals surface area (Å²) in [6, 6.07) is 0.340. The van der Waals surface area contributed by atoms with E-state index < -0.39 is 0 Å². The van der Waals surface area contributed by atoms with Crippen molar-refractivity contribution in [1.82, 2.24) is 5.32 Å². The van der Waals surface area contributed by atoms with E-state index >= 15 is 0 Å². The second kappa shape index (κ2) is 7.20. The van der Waals surface area contributed by atoms with Crippen LogP contribution in [-0.4, -0.2) is 36.0 Å². The molecule has 0 spiro atoms. The number of hydrogen-bond donors (Lipinski definition) is 3. The second-order valence-electron chi connectivity index (χ2n) is 5.07. The normalized spacial score (nSPS) is 17.8. The molecule has 3 nitrogen and oxygen atoms in total. The number of rotatable bonds is 8. The van der Waals surface area contributed by atoms with Crippen molar-refractivity contribution in [2.24, 2.45) is 11.3 Å². The summed E-state index contributed by atoms with van der Waals surface area (Å²) in [5, 5.41) is 21.7. The van der Waals surface area contributed by atoms with E-state index in [-0.39, 0.29) is 18.6 Å². The van der Waals surface area contributed by atoms with Gasteiger partial charge in [-0.1, -0.05) is 27.7 Å². The van der Waals surface area contributed by atoms with E-state index in [1.807, 2.05) is 0 Å². The molecule has 2 atom stereocenters. The molecule has 3 heteroatoms. The largest absolute Gasteiger partial charge is 0.396 e. The predicted octanol–water partition coefficient (Wildman–Crippen LogP) is 1.39. The van der Waals surface area contributed by atoms with Crippen molar-refractivity contribution in [1.29, 1.82) is 0 Å². The molecule has 0 aliphatic heterocycles. The molecule has 0 rings (SSSR count). The van der Waals surface area contributed by atoms with Gasteiger partial charge in [-0.25, -0.2) is 0 Å². The third-order valence-corrected chi connectivity index (χ3v) is 3.27. The maximum absolute atomic E-state index is 9.28. The average Bonchev–Trinajstić information content (AvgIpc) is 2.23. The van der Waals surface area contributed by atoms with E-state index in [9.17, 15) is 5.11 Å². The summed E-state index contributed by atoms with van der Waals surface area (Å²) in [5.41, 5.74) is -0.0391. The van der Waals surface area contributed by atoms with E-state index in [2.05, 4.69) is 33.0 Å². The third kappa shape index (κ3) is 5.50. The molecule has 3 N–H and O–H groups in total. The zero-order valence-electron chi connectivity index (χ0n) is 10.6. The summed E-state index contributed by atoms with van der Waals surface area (Å²) < 4.78 is 0. The van der Waals surface area contributed by atoms with Crippen LogP contribution in [0.15, 0.2) is 0 Å². The lowest BCUT2D eigenvalue weighted by atomic mass is 9.87. The molecule has 0 aromatic carbocycles. The monoisotopic (exact) mass is 217 g/mol. The molecule has 0 saturated carbocycles. The van der Waals surface area contributed by atoms with Gasteiger partial charge in [-0.2, -0.15) is 0 Å². The van der Waals surface area contributed by atoms with Crippen molar-refractivity contribution in [3.63, 3.8) is 0 Å². The maximum atomic E-state index is 9.28. The van der Waals surface area contributed by atoms with Crippen molar-refractivity contribution in [2.45, 2.75) is 46.6 Å². The van der Waals surface area contributed by atoms with E-state index in [1.165, 1.54) is 0 Å². The Bertz CT molecular complexity index is 156. The molecule has 0 fully saturated rings. The highest BCUT2D eigenvalue weighted by Crippen LogP contribution is 2.19. The quantitative estimate of drug-likeness (QED) is 0.576. The summed E-state index contributed by atoms with van der Waals surface area (Å²) in [5.74, 6) is 0.511. The van der Waals surface area contributed by atoms with Gasteiger partial charge in [-0.15, -0.1) is 0 Å². The van der Waals surface area contributed by atoms with E-state index in [1.54, 1.807) is 0 Å². The van der Waals surface area contributed by atoms with Crippen molar-refractivity contribution >= 4 is 0 Å². The van der Waals surface area contributed by atoms with Gasteiger partial charge in [-0.05, 0) is 18.8 Å². The van der Waals surface area contributed by atoms with Crippen LogP contribution in [0, 0.1) is 11.3 Å². The summed E-state index contributed by atoms with van der Waals surface area (Å²) >= 11 is 0. The maximum Gasteiger partial charge on any atom is 0.0496 e. The molecule has 0 saturated heterocycles. The molecule has 0 aliphatic carbocycles. The zero-order valence-corrected chi connectivity index (χ0v) is 10.6. The van der Waals surface area contributed by atoms with Crippen LogP contribution < -0.4 is 5.32 Å². The van der Waals surface area contributed by atoms with Gasteiger partial charge >= 0.3 is 0 Å². The van der Waals surface area contributed by atoms with E-state index in [0.29, 0.717) is 12.0 Å². The fourth-order valence-electron chi connectivity index (χ4n) is 1.48. The van der Waals surface area contributed by atoms with Crippen LogP contribution >= 0.6 is 0 Å². The number of aliphatic hydroxyl groups is 2. The highest BCUT2D eigenvalue weighted by molar-refractivity contribution is 4.78. The molecule has 0 aromatic rings. The molecular formula is C12H27NO2. The van der Waals surface area contributed by atoms with Crippen LogP contribution in [0.4, 0.5) is 0 Å². The van der Waals surface area contributed by atoms with Gasteiger partial charge in [0.1, 0.15) is 0 Å². The van der Waals surface area contributed by atoms with Crippen LogP contribution in [0.25, 0.3) is 0 Å². The second-order valence-corrected chi connectivity index (χ2v) is 5.07. The smallest absolute Gasteiger partial charge is 0.0496 e. The molecule has 15 heavy (non-hydrogen) atoms. The van der Waals surface area contributed by atoms with Gasteiger partial charge in [0, 0.05) is 31.2 Å². The number of aliphatic hydroxyl groups excluding tert-OH is 2. The Morgan fingerprint density at radius 1 is 1.27 bits per heavy atom. The molecule has 0 aliphatic rings. The van der Waals surface area contributed by atoms with Gasteiger partial charge in [0.25, 0.3) is 0 Å². The van der Waals surface area contributed by atoms with Gasteiger partial charge < -0.3 is 15.5 Å². The van der Waals surface area contributed by atoms with Gasteiger partial charge in [0.15, 0.2) is 0 Å². The minimum Gasteiger partial charge on any atom is -0.396 e. The predicted molar refractivity (Wildman–Crippen MR) is 63.8 cm³/mol. The van der Waals surface area contributed by atoms with Crippen LogP contribution in [0.5, 0.6) is 0 Å². The molecular weight excluding hydrogens is 190 g/mol. The van der Waals surface area contributed by atoms with Crippen LogP contribution in [0.2, 0.25) is 0 Å². The van der Waals surface area contributed by atoms with Crippen LogP contribution in [-0.2, 0) is 0 Å². The summed E-state index contributed by atoms with van der Waals surface area (Å²) in [4.78, 5) is 0. The van der Waals surface area contributed by atoms with Crippen molar-refractivity contribution in [3.05, 3.63) is 0 Å². The van der Waals surface area contributed by atoms with Gasteiger partial charge in [0.2, 0.25) is 0 Å². The SMILES string of the molecule is CCC(C)(CO)CNC(CCO)C(C)C. The Kier molecular flexibility index (Phi) is 7.14. The molecule has 0 aromatic heterocycles. The Morgan fingerprint density at radius 2 is 1.87 bits per heavy atom. The lowest BCUT2D eigenvalue weighted by Crippen LogP contribution is -2.42. The standard InChI is InChI=1S/C12H27NO2/c1-5-12(4,9-15)8-13-11(6-7-14)10(2)3/h10-11,13-15H,5-9H2,1-4H3. The van der Waals surface area contributed by atoms with Crippen LogP contribution in [0.3, 0.4) is 0 Å². The third-order valence-electron chi connectivity index (χ3n) is 3.27. The summed E-state index contributed by atoms with van der Waals surface area (Å²) in [6.07, 6.45) is 1.74. The zero-order chi connectivity index (χ0) is 11.9. The van der Waals surface area contributed by atoms with Gasteiger partial charge in [-0.3, -0.25) is 0 Å². The average molecular weight is 217 g/mol.